The molecule has 23 heavy (non-hydrogen) atoms. The maximum atomic E-state index is 13.3. The Bertz CT molecular complexity index is 856. The highest BCUT2D eigenvalue weighted by molar-refractivity contribution is 6.03. The molecule has 0 saturated carbocycles. The average Bonchev–Trinajstić information content (AvgIpc) is 2.56. The summed E-state index contributed by atoms with van der Waals surface area (Å²) in [4.78, 5) is 12.2. The Morgan fingerprint density at radius 1 is 1.00 bits per heavy atom. The minimum Gasteiger partial charge on any atom is -0.376 e. The van der Waals surface area contributed by atoms with Crippen molar-refractivity contribution < 1.29 is 9.18 Å². The van der Waals surface area contributed by atoms with Crippen LogP contribution >= 0.6 is 0 Å². The normalized spacial score (nSPS) is 10.5. The van der Waals surface area contributed by atoms with Gasteiger partial charge in [-0.05, 0) is 36.1 Å². The van der Waals surface area contributed by atoms with E-state index in [-0.39, 0.29) is 18.3 Å². The van der Waals surface area contributed by atoms with Crippen LogP contribution in [0.5, 0.6) is 0 Å². The first-order valence-corrected chi connectivity index (χ1v) is 7.41. The lowest BCUT2D eigenvalue weighted by Gasteiger charge is -2.11. The van der Waals surface area contributed by atoms with Gasteiger partial charge in [-0.1, -0.05) is 42.5 Å². The number of carbonyl (C=O) groups excluding carboxylic acids is 1. The van der Waals surface area contributed by atoms with E-state index in [1.165, 1.54) is 12.1 Å². The molecule has 0 bridgehead atoms. The molecule has 3 aromatic carbocycles. The smallest absolute Gasteiger partial charge is 0.243 e. The average molecular weight is 308 g/mol. The molecule has 3 nitrogen and oxygen atoms in total. The lowest BCUT2D eigenvalue weighted by molar-refractivity contribution is -0.114. The van der Waals surface area contributed by atoms with Crippen LogP contribution in [0.25, 0.3) is 10.8 Å². The molecule has 0 saturated heterocycles. The molecule has 1 amide bonds. The summed E-state index contributed by atoms with van der Waals surface area (Å²) in [6.07, 6.45) is 0. The lowest BCUT2D eigenvalue weighted by atomic mass is 10.1. The Kier molecular flexibility index (Phi) is 4.24. The molecule has 0 aliphatic heterocycles. The summed E-state index contributed by atoms with van der Waals surface area (Å²) >= 11 is 0. The summed E-state index contributed by atoms with van der Waals surface area (Å²) in [7, 11) is 0. The fraction of sp³-hybridized carbons (Fsp3) is 0.105. The van der Waals surface area contributed by atoms with E-state index in [0.717, 1.165) is 22.0 Å². The van der Waals surface area contributed by atoms with Crippen LogP contribution in [0.1, 0.15) is 5.56 Å². The fourth-order valence-corrected chi connectivity index (χ4v) is 2.49. The second-order valence-corrected chi connectivity index (χ2v) is 5.39. The SMILES string of the molecule is Cc1ccc(F)cc1NCC(=O)Nc1cccc2ccccc12. The summed E-state index contributed by atoms with van der Waals surface area (Å²) in [6.45, 7) is 1.94. The predicted molar refractivity (Wildman–Crippen MR) is 92.2 cm³/mol. The highest BCUT2D eigenvalue weighted by Crippen LogP contribution is 2.23. The van der Waals surface area contributed by atoms with Gasteiger partial charge in [0, 0.05) is 16.8 Å². The number of halogens is 1. The summed E-state index contributed by atoms with van der Waals surface area (Å²) < 4.78 is 13.3. The van der Waals surface area contributed by atoms with Gasteiger partial charge in [0.25, 0.3) is 0 Å². The number of rotatable bonds is 4. The van der Waals surface area contributed by atoms with E-state index in [0.29, 0.717) is 5.69 Å². The van der Waals surface area contributed by atoms with Crippen LogP contribution in [-0.4, -0.2) is 12.5 Å². The maximum Gasteiger partial charge on any atom is 0.243 e. The second-order valence-electron chi connectivity index (χ2n) is 5.39. The number of nitrogens with one attached hydrogen (secondary N) is 2. The van der Waals surface area contributed by atoms with Gasteiger partial charge < -0.3 is 10.6 Å². The van der Waals surface area contributed by atoms with Crippen LogP contribution in [0.4, 0.5) is 15.8 Å². The molecule has 0 radical (unpaired) electrons. The summed E-state index contributed by atoms with van der Waals surface area (Å²) in [5, 5.41) is 7.92. The van der Waals surface area contributed by atoms with Crippen molar-refractivity contribution in [2.75, 3.05) is 17.2 Å². The van der Waals surface area contributed by atoms with Crippen LogP contribution in [0, 0.1) is 12.7 Å². The van der Waals surface area contributed by atoms with Gasteiger partial charge >= 0.3 is 0 Å². The van der Waals surface area contributed by atoms with Crippen molar-refractivity contribution in [1.82, 2.24) is 0 Å². The molecule has 0 aromatic heterocycles. The van der Waals surface area contributed by atoms with Crippen molar-refractivity contribution in [2.45, 2.75) is 6.92 Å². The molecule has 3 rings (SSSR count). The fourth-order valence-electron chi connectivity index (χ4n) is 2.49. The third kappa shape index (κ3) is 3.48. The zero-order valence-corrected chi connectivity index (χ0v) is 12.8. The van der Waals surface area contributed by atoms with Crippen LogP contribution in [-0.2, 0) is 4.79 Å². The van der Waals surface area contributed by atoms with Crippen molar-refractivity contribution in [3.05, 3.63) is 72.0 Å². The van der Waals surface area contributed by atoms with E-state index < -0.39 is 0 Å². The number of fused-ring (bicyclic) bond motifs is 1. The lowest BCUT2D eigenvalue weighted by Crippen LogP contribution is -2.22. The first-order chi connectivity index (χ1) is 11.1. The zero-order valence-electron chi connectivity index (χ0n) is 12.8. The van der Waals surface area contributed by atoms with Gasteiger partial charge in [0.2, 0.25) is 5.91 Å². The van der Waals surface area contributed by atoms with Crippen molar-refractivity contribution >= 4 is 28.1 Å². The monoisotopic (exact) mass is 308 g/mol. The number of benzene rings is 3. The summed E-state index contributed by atoms with van der Waals surface area (Å²) in [5.74, 6) is -0.502. The minimum absolute atomic E-state index is 0.0769. The number of aryl methyl sites for hydroxylation is 1. The molecule has 0 spiro atoms. The molecular weight excluding hydrogens is 291 g/mol. The third-order valence-corrected chi connectivity index (χ3v) is 3.70. The first-order valence-electron chi connectivity index (χ1n) is 7.41. The summed E-state index contributed by atoms with van der Waals surface area (Å²) in [6, 6.07) is 18.1. The maximum absolute atomic E-state index is 13.3. The molecule has 0 aliphatic rings. The molecule has 3 aromatic rings. The van der Waals surface area contributed by atoms with E-state index in [2.05, 4.69) is 10.6 Å². The van der Waals surface area contributed by atoms with Crippen molar-refractivity contribution in [3.8, 4) is 0 Å². The number of hydrogen-bond acceptors (Lipinski definition) is 2. The zero-order chi connectivity index (χ0) is 16.2. The van der Waals surface area contributed by atoms with Crippen molar-refractivity contribution in [2.24, 2.45) is 0 Å². The molecule has 0 fully saturated rings. The van der Waals surface area contributed by atoms with Gasteiger partial charge in [0.05, 0.1) is 6.54 Å². The predicted octanol–water partition coefficient (Wildman–Crippen LogP) is 4.34. The Morgan fingerprint density at radius 2 is 1.78 bits per heavy atom. The Labute approximate surface area is 134 Å². The number of hydrogen-bond donors (Lipinski definition) is 2. The Hall–Kier alpha value is -2.88. The minimum atomic E-state index is -0.326. The Morgan fingerprint density at radius 3 is 2.65 bits per heavy atom. The van der Waals surface area contributed by atoms with Crippen LogP contribution in [0.2, 0.25) is 0 Å². The van der Waals surface area contributed by atoms with Crippen LogP contribution < -0.4 is 10.6 Å². The van der Waals surface area contributed by atoms with Gasteiger partial charge in [0.1, 0.15) is 5.82 Å². The Balaban J connectivity index is 1.70. The second kappa shape index (κ2) is 6.48. The van der Waals surface area contributed by atoms with Gasteiger partial charge in [-0.3, -0.25) is 4.79 Å². The molecule has 4 heteroatoms. The quantitative estimate of drug-likeness (QED) is 0.753. The number of anilines is 2. The van der Waals surface area contributed by atoms with Crippen LogP contribution in [0.15, 0.2) is 60.7 Å². The molecular formula is C19H17FN2O. The molecule has 0 atom stereocenters. The highest BCUT2D eigenvalue weighted by Gasteiger charge is 2.07. The molecule has 0 heterocycles. The van der Waals surface area contributed by atoms with E-state index in [4.69, 9.17) is 0 Å². The highest BCUT2D eigenvalue weighted by atomic mass is 19.1. The topological polar surface area (TPSA) is 41.1 Å². The van der Waals surface area contributed by atoms with Gasteiger partial charge in [-0.15, -0.1) is 0 Å². The number of carbonyl (C=O) groups is 1. The molecule has 0 unspecified atom stereocenters. The number of amides is 1. The largest absolute Gasteiger partial charge is 0.376 e. The summed E-state index contributed by atoms with van der Waals surface area (Å²) in [5.41, 5.74) is 2.29. The molecule has 116 valence electrons. The van der Waals surface area contributed by atoms with E-state index in [1.807, 2.05) is 49.4 Å². The van der Waals surface area contributed by atoms with Gasteiger partial charge in [0.15, 0.2) is 0 Å². The van der Waals surface area contributed by atoms with E-state index >= 15 is 0 Å². The van der Waals surface area contributed by atoms with Crippen LogP contribution in [0.3, 0.4) is 0 Å². The molecule has 0 aliphatic carbocycles. The van der Waals surface area contributed by atoms with E-state index in [9.17, 15) is 9.18 Å². The van der Waals surface area contributed by atoms with Gasteiger partial charge in [-0.2, -0.15) is 0 Å². The van der Waals surface area contributed by atoms with Crippen molar-refractivity contribution in [1.29, 1.82) is 0 Å². The van der Waals surface area contributed by atoms with Gasteiger partial charge in [-0.25, -0.2) is 4.39 Å². The first kappa shape index (κ1) is 15.0. The standard InChI is InChI=1S/C19H17FN2O/c1-13-9-10-15(20)11-18(13)21-12-19(23)22-17-8-4-6-14-5-2-3-7-16(14)17/h2-11,21H,12H2,1H3,(H,22,23). The van der Waals surface area contributed by atoms with Crippen molar-refractivity contribution in [3.63, 3.8) is 0 Å². The molecule has 2 N–H and O–H groups in total. The van der Waals surface area contributed by atoms with E-state index in [1.54, 1.807) is 6.07 Å². The third-order valence-electron chi connectivity index (χ3n) is 3.70.